The fourth-order valence-electron chi connectivity index (χ4n) is 5.49. The molecule has 0 radical (unpaired) electrons. The van der Waals surface area contributed by atoms with Crippen molar-refractivity contribution in [2.24, 2.45) is 0 Å². The van der Waals surface area contributed by atoms with Crippen molar-refractivity contribution in [1.29, 1.82) is 0 Å². The molecule has 2 aromatic heterocycles. The molecule has 40 heavy (non-hydrogen) atoms. The van der Waals surface area contributed by atoms with Crippen LogP contribution in [-0.4, -0.2) is 4.98 Å². The van der Waals surface area contributed by atoms with Crippen molar-refractivity contribution < 1.29 is 8.83 Å². The van der Waals surface area contributed by atoms with E-state index in [-0.39, 0.29) is 0 Å². The van der Waals surface area contributed by atoms with Crippen molar-refractivity contribution in [3.05, 3.63) is 140 Å². The van der Waals surface area contributed by atoms with E-state index in [4.69, 9.17) is 13.8 Å². The van der Waals surface area contributed by atoms with Gasteiger partial charge in [0.25, 0.3) is 0 Å². The molecule has 0 aliphatic rings. The molecule has 0 saturated heterocycles. The summed E-state index contributed by atoms with van der Waals surface area (Å²) >= 11 is 0. The molecule has 0 amide bonds. The molecule has 8 aromatic rings. The number of nitrogens with zero attached hydrogens (tertiary/aromatic N) is 1. The lowest BCUT2D eigenvalue weighted by atomic mass is 9.94. The summed E-state index contributed by atoms with van der Waals surface area (Å²) in [6.45, 7) is 0. The molecule has 0 aliphatic carbocycles. The Morgan fingerprint density at radius 1 is 0.350 bits per heavy atom. The quantitative estimate of drug-likeness (QED) is 0.235. The van der Waals surface area contributed by atoms with Crippen LogP contribution >= 0.6 is 0 Å². The molecule has 8 rings (SSSR count). The second-order valence-electron chi connectivity index (χ2n) is 10.0. The van der Waals surface area contributed by atoms with Gasteiger partial charge in [-0.1, -0.05) is 97.1 Å². The first-order valence-corrected chi connectivity index (χ1v) is 13.4. The zero-order valence-electron chi connectivity index (χ0n) is 21.5. The van der Waals surface area contributed by atoms with Crippen molar-refractivity contribution in [3.63, 3.8) is 0 Å². The van der Waals surface area contributed by atoms with Gasteiger partial charge in [0.05, 0.1) is 0 Å². The predicted molar refractivity (Wildman–Crippen MR) is 163 cm³/mol. The van der Waals surface area contributed by atoms with Crippen LogP contribution < -0.4 is 0 Å². The third kappa shape index (κ3) is 3.88. The van der Waals surface area contributed by atoms with Gasteiger partial charge in [-0.05, 0) is 69.8 Å². The number of fused-ring (bicyclic) bond motifs is 4. The van der Waals surface area contributed by atoms with Gasteiger partial charge >= 0.3 is 0 Å². The van der Waals surface area contributed by atoms with Crippen molar-refractivity contribution in [2.75, 3.05) is 0 Å². The summed E-state index contributed by atoms with van der Waals surface area (Å²) in [4.78, 5) is 4.91. The molecule has 0 N–H and O–H groups in total. The number of hydrogen-bond acceptors (Lipinski definition) is 3. The molecule has 0 unspecified atom stereocenters. The van der Waals surface area contributed by atoms with E-state index < -0.39 is 0 Å². The highest BCUT2D eigenvalue weighted by Gasteiger charge is 2.16. The maximum Gasteiger partial charge on any atom is 0.227 e. The topological polar surface area (TPSA) is 39.2 Å². The van der Waals surface area contributed by atoms with Crippen LogP contribution in [0, 0.1) is 0 Å². The molecule has 0 saturated carbocycles. The summed E-state index contributed by atoms with van der Waals surface area (Å²) in [5.41, 5.74) is 11.0. The van der Waals surface area contributed by atoms with E-state index in [1.807, 2.05) is 42.5 Å². The number of hydrogen-bond donors (Lipinski definition) is 0. The van der Waals surface area contributed by atoms with Gasteiger partial charge in [-0.2, -0.15) is 0 Å². The molecule has 0 bridgehead atoms. The van der Waals surface area contributed by atoms with Crippen LogP contribution in [0.15, 0.2) is 148 Å². The summed E-state index contributed by atoms with van der Waals surface area (Å²) in [7, 11) is 0. The van der Waals surface area contributed by atoms with Crippen LogP contribution in [-0.2, 0) is 0 Å². The largest absolute Gasteiger partial charge is 0.456 e. The molecular weight excluding hydrogens is 490 g/mol. The van der Waals surface area contributed by atoms with Gasteiger partial charge in [0.2, 0.25) is 5.89 Å². The van der Waals surface area contributed by atoms with Crippen LogP contribution in [0.25, 0.3) is 77.9 Å². The van der Waals surface area contributed by atoms with Crippen LogP contribution in [0.3, 0.4) is 0 Å². The summed E-state index contributed by atoms with van der Waals surface area (Å²) in [6.07, 6.45) is 0. The SMILES string of the molecule is c1ccc(-c2cccc(-c3cc(-c4ccccc4)cc(-c4nc5cc6oc7ccccc7c6cc5o4)c3)c2)cc1. The van der Waals surface area contributed by atoms with E-state index in [9.17, 15) is 0 Å². The van der Waals surface area contributed by atoms with Gasteiger partial charge in [-0.3, -0.25) is 0 Å². The molecule has 0 fully saturated rings. The number of para-hydroxylation sites is 1. The summed E-state index contributed by atoms with van der Waals surface area (Å²) in [6, 6.07) is 48.2. The number of furan rings is 1. The molecule has 0 spiro atoms. The van der Waals surface area contributed by atoms with Gasteiger partial charge in [-0.25, -0.2) is 4.98 Å². The van der Waals surface area contributed by atoms with E-state index in [1.54, 1.807) is 0 Å². The molecule has 0 atom stereocenters. The molecular formula is C37H23NO2. The molecule has 3 nitrogen and oxygen atoms in total. The van der Waals surface area contributed by atoms with Crippen LogP contribution in [0.1, 0.15) is 0 Å². The first-order chi connectivity index (χ1) is 19.8. The third-order valence-electron chi connectivity index (χ3n) is 7.48. The van der Waals surface area contributed by atoms with Gasteiger partial charge in [-0.15, -0.1) is 0 Å². The highest BCUT2D eigenvalue weighted by molar-refractivity contribution is 6.08. The Morgan fingerprint density at radius 3 is 1.70 bits per heavy atom. The molecule has 188 valence electrons. The fraction of sp³-hybridized carbons (Fsp3) is 0. The minimum absolute atomic E-state index is 0.588. The Hall–Kier alpha value is -5.41. The van der Waals surface area contributed by atoms with Crippen molar-refractivity contribution >= 4 is 33.0 Å². The molecule has 3 heteroatoms. The first kappa shape index (κ1) is 22.6. The standard InChI is InChI=1S/C37H23NO2/c1-3-10-24(11-4-1)26-14-9-15-27(18-26)29-19-28(25-12-5-2-6-13-25)20-30(21-29)37-38-33-23-35-32(22-36(33)40-37)31-16-7-8-17-34(31)39-35/h1-23H. The lowest BCUT2D eigenvalue weighted by molar-refractivity contribution is 0.620. The van der Waals surface area contributed by atoms with E-state index in [2.05, 4.69) is 97.1 Å². The highest BCUT2D eigenvalue weighted by atomic mass is 16.4. The third-order valence-corrected chi connectivity index (χ3v) is 7.48. The second-order valence-corrected chi connectivity index (χ2v) is 10.0. The molecule has 6 aromatic carbocycles. The van der Waals surface area contributed by atoms with Gasteiger partial charge in [0, 0.05) is 22.4 Å². The van der Waals surface area contributed by atoms with Gasteiger partial charge in [0.1, 0.15) is 16.7 Å². The normalized spacial score (nSPS) is 11.5. The Morgan fingerprint density at radius 2 is 0.925 bits per heavy atom. The average Bonchev–Trinajstić information content (AvgIpc) is 3.61. The summed E-state index contributed by atoms with van der Waals surface area (Å²) in [5.74, 6) is 0.588. The monoisotopic (exact) mass is 513 g/mol. The smallest absolute Gasteiger partial charge is 0.227 e. The zero-order chi connectivity index (χ0) is 26.5. The molecule has 0 aliphatic heterocycles. The fourth-order valence-corrected chi connectivity index (χ4v) is 5.49. The number of benzene rings is 6. The second kappa shape index (κ2) is 9.11. The van der Waals surface area contributed by atoms with Crippen LogP contribution in [0.5, 0.6) is 0 Å². The van der Waals surface area contributed by atoms with E-state index in [0.717, 1.165) is 60.9 Å². The minimum Gasteiger partial charge on any atom is -0.456 e. The zero-order valence-corrected chi connectivity index (χ0v) is 21.5. The predicted octanol–water partition coefficient (Wildman–Crippen LogP) is 10.4. The van der Waals surface area contributed by atoms with Crippen LogP contribution in [0.2, 0.25) is 0 Å². The Balaban J connectivity index is 1.30. The Bertz CT molecular complexity index is 2150. The number of rotatable bonds is 4. The van der Waals surface area contributed by atoms with Gasteiger partial charge in [0.15, 0.2) is 5.58 Å². The maximum absolute atomic E-state index is 6.40. The first-order valence-electron chi connectivity index (χ1n) is 13.4. The minimum atomic E-state index is 0.588. The lowest BCUT2D eigenvalue weighted by Crippen LogP contribution is -1.87. The van der Waals surface area contributed by atoms with Crippen molar-refractivity contribution in [1.82, 2.24) is 4.98 Å². The number of oxazole rings is 1. The van der Waals surface area contributed by atoms with Crippen molar-refractivity contribution in [2.45, 2.75) is 0 Å². The average molecular weight is 514 g/mol. The van der Waals surface area contributed by atoms with E-state index in [0.29, 0.717) is 5.89 Å². The van der Waals surface area contributed by atoms with E-state index >= 15 is 0 Å². The summed E-state index contributed by atoms with van der Waals surface area (Å²) in [5, 5.41) is 2.10. The van der Waals surface area contributed by atoms with Gasteiger partial charge < -0.3 is 8.83 Å². The maximum atomic E-state index is 6.40. The Labute approximate surface area is 231 Å². The Kier molecular flexibility index (Phi) is 5.14. The van der Waals surface area contributed by atoms with E-state index in [1.165, 1.54) is 11.1 Å². The number of aromatic nitrogens is 1. The summed E-state index contributed by atoms with van der Waals surface area (Å²) < 4.78 is 12.5. The van der Waals surface area contributed by atoms with Crippen LogP contribution in [0.4, 0.5) is 0 Å². The molecule has 2 heterocycles. The highest BCUT2D eigenvalue weighted by Crippen LogP contribution is 2.37. The lowest BCUT2D eigenvalue weighted by Gasteiger charge is -2.11. The van der Waals surface area contributed by atoms with Crippen molar-refractivity contribution in [3.8, 4) is 44.8 Å².